The maximum absolute atomic E-state index is 12.5. The van der Waals surface area contributed by atoms with E-state index in [1.807, 2.05) is 6.42 Å². The lowest BCUT2D eigenvalue weighted by atomic mass is 10.1. The van der Waals surface area contributed by atoms with Crippen LogP contribution in [0.1, 0.15) is 33.5 Å². The molecule has 0 saturated carbocycles. The Kier molecular flexibility index (Phi) is 4.09. The fourth-order valence-corrected chi connectivity index (χ4v) is 2.52. The predicted octanol–water partition coefficient (Wildman–Crippen LogP) is 2.39. The number of alkyl halides is 1. The number of carbonyl (C=O) groups excluding carboxylic acids is 2. The number of hydrogen-bond acceptors (Lipinski definition) is 5. The van der Waals surface area contributed by atoms with Gasteiger partial charge in [-0.25, -0.2) is 9.78 Å². The number of aromatic nitrogens is 2. The number of Topliss-reactive ketones (excluding diaryl/α,β-unsaturated/α-hetero) is 1. The summed E-state index contributed by atoms with van der Waals surface area (Å²) in [6.45, 7) is 1.57. The molecule has 3 rings (SSSR count). The first-order chi connectivity index (χ1) is 11.0. The van der Waals surface area contributed by atoms with Crippen molar-refractivity contribution < 1.29 is 14.3 Å². The van der Waals surface area contributed by atoms with E-state index in [0.717, 1.165) is 5.56 Å². The highest BCUT2D eigenvalue weighted by Crippen LogP contribution is 2.30. The molecule has 0 saturated heterocycles. The van der Waals surface area contributed by atoms with Crippen LogP contribution in [0.25, 0.3) is 0 Å². The van der Waals surface area contributed by atoms with Crippen LogP contribution in [0.3, 0.4) is 0 Å². The molecule has 0 bridgehead atoms. The number of aryl methyl sites for hydroxylation is 1. The second-order valence-electron chi connectivity index (χ2n) is 5.27. The lowest BCUT2D eigenvalue weighted by Crippen LogP contribution is -2.28. The number of nitrogens with zero attached hydrogens (tertiary/aromatic N) is 2. The minimum Gasteiger partial charge on any atom is -0.443 e. The van der Waals surface area contributed by atoms with Gasteiger partial charge < -0.3 is 14.6 Å². The summed E-state index contributed by atoms with van der Waals surface area (Å²) < 4.78 is 6.63. The lowest BCUT2D eigenvalue weighted by molar-refractivity contribution is 0.0472. The van der Waals surface area contributed by atoms with E-state index in [1.54, 1.807) is 49.1 Å². The van der Waals surface area contributed by atoms with Gasteiger partial charge in [0.2, 0.25) is 5.78 Å². The number of halogens is 1. The third-order valence-corrected chi connectivity index (χ3v) is 3.63. The molecule has 2 atom stereocenters. The molecule has 6 nitrogen and oxygen atoms in total. The van der Waals surface area contributed by atoms with Gasteiger partial charge >= 0.3 is 5.97 Å². The summed E-state index contributed by atoms with van der Waals surface area (Å²) in [7, 11) is 1.77. The first-order valence-corrected chi connectivity index (χ1v) is 7.51. The quantitative estimate of drug-likeness (QED) is 0.528. The van der Waals surface area contributed by atoms with Gasteiger partial charge in [0.05, 0.1) is 5.56 Å². The minimum atomic E-state index is -0.701. The van der Waals surface area contributed by atoms with Gasteiger partial charge in [0.15, 0.2) is 11.4 Å². The molecule has 1 aromatic carbocycles. The van der Waals surface area contributed by atoms with Crippen molar-refractivity contribution in [1.29, 1.82) is 0 Å². The molecule has 1 radical (unpaired) electrons. The molecule has 0 fully saturated rings. The Morgan fingerprint density at radius 2 is 2.22 bits per heavy atom. The zero-order valence-corrected chi connectivity index (χ0v) is 13.4. The molecule has 119 valence electrons. The van der Waals surface area contributed by atoms with Gasteiger partial charge in [-0.05, 0) is 24.6 Å². The maximum atomic E-state index is 12.5. The number of carbonyl (C=O) groups is 2. The van der Waals surface area contributed by atoms with Crippen LogP contribution in [0.2, 0.25) is 0 Å². The van der Waals surface area contributed by atoms with Crippen molar-refractivity contribution in [2.45, 2.75) is 18.5 Å². The summed E-state index contributed by atoms with van der Waals surface area (Å²) in [6.07, 6.45) is 5.11. The fraction of sp³-hybridized carbons (Fsp3) is 0.250. The number of imidazole rings is 1. The first-order valence-electron chi connectivity index (χ1n) is 7.08. The molecule has 7 heteroatoms. The van der Waals surface area contributed by atoms with E-state index < -0.39 is 17.6 Å². The standard InChI is InChI=1S/C16H15ClN3O3/c1-9(17)23-16(22)11-4-3-10-7-13(19-12(10)8-11)14(21)15-18-5-6-20(15)2/h3-9,13,19H,1-2H3. The van der Waals surface area contributed by atoms with E-state index >= 15 is 0 Å². The van der Waals surface area contributed by atoms with Crippen LogP contribution in [0.15, 0.2) is 30.6 Å². The van der Waals surface area contributed by atoms with E-state index in [1.165, 1.54) is 0 Å². The highest BCUT2D eigenvalue weighted by Gasteiger charge is 2.30. The zero-order valence-electron chi connectivity index (χ0n) is 12.6. The van der Waals surface area contributed by atoms with Gasteiger partial charge in [-0.3, -0.25) is 4.79 Å². The number of hydrogen-bond donors (Lipinski definition) is 1. The number of benzene rings is 1. The van der Waals surface area contributed by atoms with Crippen LogP contribution in [-0.2, 0) is 11.8 Å². The lowest BCUT2D eigenvalue weighted by Gasteiger charge is -2.10. The summed E-state index contributed by atoms with van der Waals surface area (Å²) in [5.41, 5.74) is 1.23. The number of ketones is 1. The summed E-state index contributed by atoms with van der Waals surface area (Å²) in [4.78, 5) is 28.4. The van der Waals surface area contributed by atoms with Crippen molar-refractivity contribution in [3.8, 4) is 0 Å². The molecular formula is C16H15ClN3O3. The Hall–Kier alpha value is -2.34. The van der Waals surface area contributed by atoms with E-state index in [2.05, 4.69) is 10.3 Å². The van der Waals surface area contributed by atoms with Crippen molar-refractivity contribution >= 4 is 29.0 Å². The molecule has 1 aliphatic heterocycles. The molecule has 23 heavy (non-hydrogen) atoms. The van der Waals surface area contributed by atoms with Crippen LogP contribution in [-0.4, -0.2) is 32.9 Å². The zero-order chi connectivity index (χ0) is 16.6. The third kappa shape index (κ3) is 3.07. The van der Waals surface area contributed by atoms with Crippen LogP contribution in [0.5, 0.6) is 0 Å². The van der Waals surface area contributed by atoms with Crippen LogP contribution in [0.4, 0.5) is 5.69 Å². The van der Waals surface area contributed by atoms with E-state index in [0.29, 0.717) is 17.1 Å². The van der Waals surface area contributed by atoms with Gasteiger partial charge in [0.1, 0.15) is 6.04 Å². The number of anilines is 1. The normalized spacial score (nSPS) is 17.3. The Bertz CT molecular complexity index is 770. The van der Waals surface area contributed by atoms with Crippen molar-refractivity contribution in [3.63, 3.8) is 0 Å². The highest BCUT2D eigenvalue weighted by molar-refractivity contribution is 6.20. The van der Waals surface area contributed by atoms with Crippen molar-refractivity contribution in [1.82, 2.24) is 9.55 Å². The fourth-order valence-electron chi connectivity index (χ4n) is 2.44. The minimum absolute atomic E-state index is 0.132. The molecular weight excluding hydrogens is 318 g/mol. The average Bonchev–Trinajstić information content (AvgIpc) is 3.10. The van der Waals surface area contributed by atoms with Crippen LogP contribution >= 0.6 is 11.6 Å². The highest BCUT2D eigenvalue weighted by atomic mass is 35.5. The van der Waals surface area contributed by atoms with E-state index in [4.69, 9.17) is 16.3 Å². The number of rotatable bonds is 4. The van der Waals surface area contributed by atoms with Gasteiger partial charge in [-0.15, -0.1) is 0 Å². The van der Waals surface area contributed by atoms with Crippen LogP contribution in [0, 0.1) is 6.42 Å². The second-order valence-corrected chi connectivity index (χ2v) is 5.88. The number of nitrogens with one attached hydrogen (secondary N) is 1. The second kappa shape index (κ2) is 6.04. The molecule has 2 aromatic rings. The molecule has 1 aromatic heterocycles. The van der Waals surface area contributed by atoms with Crippen molar-refractivity contribution in [2.75, 3.05) is 5.32 Å². The average molecular weight is 333 g/mol. The summed E-state index contributed by atoms with van der Waals surface area (Å²) >= 11 is 5.66. The molecule has 2 heterocycles. The number of esters is 1. The molecule has 2 unspecified atom stereocenters. The molecule has 1 N–H and O–H groups in total. The van der Waals surface area contributed by atoms with Crippen molar-refractivity contribution in [2.24, 2.45) is 7.05 Å². The third-order valence-electron chi connectivity index (χ3n) is 3.54. The molecule has 0 spiro atoms. The monoisotopic (exact) mass is 332 g/mol. The molecule has 0 aliphatic carbocycles. The summed E-state index contributed by atoms with van der Waals surface area (Å²) in [5.74, 6) is -0.259. The van der Waals surface area contributed by atoms with Gasteiger partial charge in [-0.2, -0.15) is 0 Å². The first kappa shape index (κ1) is 15.6. The smallest absolute Gasteiger partial charge is 0.339 e. The summed E-state index contributed by atoms with van der Waals surface area (Å²) in [5, 5.41) is 3.10. The van der Waals surface area contributed by atoms with Gasteiger partial charge in [0.25, 0.3) is 0 Å². The largest absolute Gasteiger partial charge is 0.443 e. The Balaban J connectivity index is 1.78. The van der Waals surface area contributed by atoms with E-state index in [-0.39, 0.29) is 5.78 Å². The summed E-state index contributed by atoms with van der Waals surface area (Å²) in [6, 6.07) is 4.55. The Morgan fingerprint density at radius 1 is 1.43 bits per heavy atom. The molecule has 1 aliphatic rings. The number of ether oxygens (including phenoxy) is 1. The SMILES string of the molecule is CC(Cl)OC(=O)c1ccc2c(c1)NC(C(=O)c1nccn1C)[CH]2. The Labute approximate surface area is 138 Å². The number of fused-ring (bicyclic) bond motifs is 1. The van der Waals surface area contributed by atoms with Crippen molar-refractivity contribution in [3.05, 3.63) is 54.0 Å². The molecule has 0 amide bonds. The predicted molar refractivity (Wildman–Crippen MR) is 85.5 cm³/mol. The van der Waals surface area contributed by atoms with Gasteiger partial charge in [-0.1, -0.05) is 17.7 Å². The van der Waals surface area contributed by atoms with Gasteiger partial charge in [0, 0.05) is 31.5 Å². The topological polar surface area (TPSA) is 73.2 Å². The van der Waals surface area contributed by atoms with Crippen LogP contribution < -0.4 is 5.32 Å². The Morgan fingerprint density at radius 3 is 2.87 bits per heavy atom. The maximum Gasteiger partial charge on any atom is 0.339 e. The van der Waals surface area contributed by atoms with E-state index in [9.17, 15) is 9.59 Å².